The summed E-state index contributed by atoms with van der Waals surface area (Å²) in [6.07, 6.45) is 13.1. The van der Waals surface area contributed by atoms with Crippen molar-refractivity contribution < 1.29 is 28.8 Å². The van der Waals surface area contributed by atoms with Gasteiger partial charge >= 0.3 is 30.2 Å². The van der Waals surface area contributed by atoms with Crippen LogP contribution in [-0.2, 0) is 0 Å². The van der Waals surface area contributed by atoms with E-state index < -0.39 is 0 Å². The molecule has 0 saturated carbocycles. The molecule has 11 aromatic rings. The molecule has 708 valence electrons. The molecule has 0 radical (unpaired) electrons. The normalized spacial score (nSPS) is 14.3. The molecular weight excluding hydrogens is 1840 g/mol. The van der Waals surface area contributed by atoms with Crippen LogP contribution < -0.4 is 79.8 Å². The van der Waals surface area contributed by atoms with Gasteiger partial charge in [0.2, 0.25) is 0 Å². The van der Waals surface area contributed by atoms with E-state index in [1.165, 1.54) is 0 Å². The molecule has 16 rings (SSSR count). The van der Waals surface area contributed by atoms with Crippen molar-refractivity contribution in [2.24, 2.45) is 25.0 Å². The Balaban J connectivity index is 0.000000155. The quantitative estimate of drug-likeness (QED) is 0.0363. The molecule has 15 N–H and O–H groups in total. The first kappa shape index (κ1) is 102. The number of benzene rings is 11. The molecule has 0 spiro atoms. The van der Waals surface area contributed by atoms with Crippen LogP contribution in [0.2, 0.25) is 25.1 Å². The SMILES string of the molecule is CN=C1CC(c2cccc(NC(=O)Nc3ccc(Cl)c(C)c3)c2)=CN1.Cc1cc(Cl)cc(NC(=O)Nc2cccc(C3=CNC(=NC(C)C)C3)c2)c1.Cc1cc(NC(=O)Nc2cccc(C3=CN=C(NC(=O)c4ccccc4)C3)c2)ccc1Cl.Cc1cc(NC(=O)Nc2cccc(C3=CNC(=NC(C)C)C3)c2)ccc1Cl.Cc1ccc(NC(=O)Nc2cccc(C3=CNC(=NC(C)C)C3)c2)cc1Cl. The summed E-state index contributed by atoms with van der Waals surface area (Å²) in [5, 5.41) is 47.2. The van der Waals surface area contributed by atoms with Crippen LogP contribution in [0.3, 0.4) is 0 Å². The minimum atomic E-state index is -0.351. The van der Waals surface area contributed by atoms with Gasteiger partial charge in [-0.15, -0.1) is 0 Å². The predicted molar refractivity (Wildman–Crippen MR) is 574 cm³/mol. The number of hydrogen-bond acceptors (Lipinski definition) is 11. The molecule has 0 saturated heterocycles. The molecule has 11 aromatic carbocycles. The third kappa shape index (κ3) is 31.8. The molecule has 0 unspecified atom stereocenters. The topological polar surface area (TPSA) is 345 Å². The van der Waals surface area contributed by atoms with Crippen LogP contribution in [0.4, 0.5) is 80.8 Å². The molecule has 0 fully saturated rings. The number of nitrogens with one attached hydrogen (secondary N) is 15. The summed E-state index contributed by atoms with van der Waals surface area (Å²) in [5.41, 5.74) is 22.8. The lowest BCUT2D eigenvalue weighted by atomic mass is 10.0. The molecule has 0 atom stereocenters. The molecule has 11 amide bonds. The number of urea groups is 5. The van der Waals surface area contributed by atoms with E-state index in [1.54, 1.807) is 73.9 Å². The number of amides is 11. The molecule has 5 aliphatic rings. The van der Waals surface area contributed by atoms with Crippen LogP contribution in [0.15, 0.2) is 299 Å². The third-order valence-electron chi connectivity index (χ3n) is 21.1. The zero-order chi connectivity index (χ0) is 98.5. The van der Waals surface area contributed by atoms with Gasteiger partial charge in [0.15, 0.2) is 0 Å². The van der Waals surface area contributed by atoms with Gasteiger partial charge in [0.05, 0.1) is 0 Å². The average Bonchev–Trinajstić information content (AvgIpc) is 1.68. The molecule has 26 nitrogen and oxygen atoms in total. The van der Waals surface area contributed by atoms with E-state index in [0.717, 1.165) is 155 Å². The largest absolute Gasteiger partial charge is 0.350 e. The first-order valence-electron chi connectivity index (χ1n) is 44.6. The van der Waals surface area contributed by atoms with Gasteiger partial charge in [0, 0.05) is 176 Å². The number of aliphatic imine (C=N–C) groups is 5. The average molecular weight is 1950 g/mol. The highest BCUT2D eigenvalue weighted by Crippen LogP contribution is 2.33. The van der Waals surface area contributed by atoms with Crippen LogP contribution in [0, 0.1) is 34.6 Å². The van der Waals surface area contributed by atoms with Gasteiger partial charge in [-0.3, -0.25) is 24.8 Å². The molecule has 31 heteroatoms. The second-order valence-electron chi connectivity index (χ2n) is 33.5. The van der Waals surface area contributed by atoms with E-state index in [-0.39, 0.29) is 54.2 Å². The van der Waals surface area contributed by atoms with Crippen molar-refractivity contribution in [3.05, 3.63) is 360 Å². The number of aryl methyl sites for hydroxylation is 5. The summed E-state index contributed by atoms with van der Waals surface area (Å²) in [4.78, 5) is 95.9. The Morgan fingerprint density at radius 2 is 0.609 bits per heavy atom. The molecule has 0 bridgehead atoms. The predicted octanol–water partition coefficient (Wildman–Crippen LogP) is 26.8. The number of amidine groups is 5. The smallest absolute Gasteiger partial charge is 0.323 e. The maximum atomic E-state index is 12.4. The molecule has 0 aromatic heterocycles. The molecule has 138 heavy (non-hydrogen) atoms. The minimum absolute atomic E-state index is 0.191. The first-order valence-corrected chi connectivity index (χ1v) is 46.5. The summed E-state index contributed by atoms with van der Waals surface area (Å²) < 4.78 is 0. The van der Waals surface area contributed by atoms with Crippen LogP contribution in [-0.4, -0.2) is 90.4 Å². The standard InChI is InChI=1S/C25H21ClN4O2.3C21H23ClN4O.C19H19ClN4O/c1-16-12-21(10-11-22(16)26)29-25(32)28-20-9-5-8-18(13-20)19-14-23(27-15-19)30-24(31)17-6-3-2-4-7-17;1-13(2)24-20-10-16(12-23-20)15-5-4-6-18(9-15)25-21(27)26-19-8-14(3)7-17(22)11-19;1-13(2)24-20-11-16(12-23-20)15-5-4-6-17(10-15)25-21(27)26-18-7-8-19(22)14(3)9-18;1-13(2)24-20-10-16(12-23-20)15-5-4-6-17(9-15)25-21(27)26-18-8-7-14(3)19(22)11-18;1-12-8-16(6-7-17(12)20)24-19(25)23-15-5-3-4-13(9-15)14-10-18(21-2)22-11-14/h2-13,15H,14H2,1H3,(H,27,30,31)(H2,28,29,32);4-9,11-13H,10H2,1-3H3,(H,23,24)(H2,25,26,27);4-10,12-13H,11H2,1-3H3,(H,23,24)(H2,25,26,27);4-9,11-13H,10H2,1-3H3,(H,23,24)(H2,25,26,27);3-9,11H,10H2,1-2H3,(H,21,22)(H2,23,24,25). The Bertz CT molecular complexity index is 6530. The maximum absolute atomic E-state index is 12.4. The van der Waals surface area contributed by atoms with Gasteiger partial charge in [-0.05, 0) is 317 Å². The summed E-state index contributed by atoms with van der Waals surface area (Å²) in [5.74, 6) is 4.23. The summed E-state index contributed by atoms with van der Waals surface area (Å²) >= 11 is 30.2. The number of anilines is 10. The van der Waals surface area contributed by atoms with E-state index in [2.05, 4.69) is 146 Å². The number of carbonyl (C=O) groups excluding carboxylic acids is 6. The van der Waals surface area contributed by atoms with Crippen molar-refractivity contribution in [3.8, 4) is 0 Å². The Hall–Kier alpha value is -15.1. The van der Waals surface area contributed by atoms with Gasteiger partial charge in [-0.25, -0.2) is 29.0 Å². The molecule has 5 aliphatic heterocycles. The zero-order valence-corrected chi connectivity index (χ0v) is 82.1. The highest BCUT2D eigenvalue weighted by atomic mass is 35.5. The third-order valence-corrected chi connectivity index (χ3v) is 23.0. The van der Waals surface area contributed by atoms with E-state index in [4.69, 9.17) is 58.0 Å². The fraction of sp³-hybridized carbons (Fsp3) is 0.187. The number of rotatable bonds is 19. The Morgan fingerprint density at radius 3 is 0.928 bits per heavy atom. The highest BCUT2D eigenvalue weighted by molar-refractivity contribution is 6.33. The van der Waals surface area contributed by atoms with Crippen molar-refractivity contribution in [1.82, 2.24) is 26.6 Å². The molecular formula is C107H109Cl5N20O6. The Morgan fingerprint density at radius 1 is 0.297 bits per heavy atom. The van der Waals surface area contributed by atoms with Crippen molar-refractivity contribution in [2.45, 2.75) is 126 Å². The lowest BCUT2D eigenvalue weighted by molar-refractivity contribution is 0.0976. The Labute approximate surface area is 829 Å². The van der Waals surface area contributed by atoms with Crippen molar-refractivity contribution in [2.75, 3.05) is 60.2 Å². The Kier molecular flexibility index (Phi) is 36.5. The molecule has 0 aliphatic carbocycles. The van der Waals surface area contributed by atoms with Gasteiger partial charge in [-0.2, -0.15) is 0 Å². The van der Waals surface area contributed by atoms with Gasteiger partial charge < -0.3 is 79.8 Å². The highest BCUT2D eigenvalue weighted by Gasteiger charge is 2.22. The van der Waals surface area contributed by atoms with Crippen LogP contribution in [0.25, 0.3) is 27.9 Å². The summed E-state index contributed by atoms with van der Waals surface area (Å²) in [6.45, 7) is 21.8. The summed E-state index contributed by atoms with van der Waals surface area (Å²) in [7, 11) is 1.76. The number of nitrogens with zero attached hydrogens (tertiary/aromatic N) is 5. The lowest BCUT2D eigenvalue weighted by Gasteiger charge is -2.11. The van der Waals surface area contributed by atoms with E-state index >= 15 is 0 Å². The number of halogens is 5. The fourth-order valence-electron chi connectivity index (χ4n) is 14.5. The van der Waals surface area contributed by atoms with Gasteiger partial charge in [0.1, 0.15) is 29.2 Å². The van der Waals surface area contributed by atoms with E-state index in [0.29, 0.717) is 77.1 Å². The second kappa shape index (κ2) is 49.4. The van der Waals surface area contributed by atoms with Crippen molar-refractivity contribution >= 4 is 208 Å². The number of carbonyl (C=O) groups is 6. The van der Waals surface area contributed by atoms with Crippen LogP contribution in [0.5, 0.6) is 0 Å². The summed E-state index contributed by atoms with van der Waals surface area (Å²) in [6, 6.07) is 73.6. The van der Waals surface area contributed by atoms with Crippen molar-refractivity contribution in [1.29, 1.82) is 0 Å². The minimum Gasteiger partial charge on any atom is -0.350 e. The molecule has 5 heterocycles. The van der Waals surface area contributed by atoms with Gasteiger partial charge in [-0.1, -0.05) is 143 Å². The first-order chi connectivity index (χ1) is 66.2. The van der Waals surface area contributed by atoms with E-state index in [9.17, 15) is 28.8 Å². The number of hydrogen-bond donors (Lipinski definition) is 15. The van der Waals surface area contributed by atoms with Crippen LogP contribution >= 0.6 is 58.0 Å². The second-order valence-corrected chi connectivity index (χ2v) is 35.6. The maximum Gasteiger partial charge on any atom is 0.323 e. The fourth-order valence-corrected chi connectivity index (χ4v) is 15.3. The van der Waals surface area contributed by atoms with E-state index in [1.807, 2.05) is 241 Å². The lowest BCUT2D eigenvalue weighted by Crippen LogP contribution is -2.29. The van der Waals surface area contributed by atoms with Gasteiger partial charge in [0.25, 0.3) is 5.91 Å². The van der Waals surface area contributed by atoms with Crippen molar-refractivity contribution in [3.63, 3.8) is 0 Å². The van der Waals surface area contributed by atoms with Crippen LogP contribution in [0.1, 0.15) is 140 Å². The monoisotopic (exact) mass is 1940 g/mol. The zero-order valence-electron chi connectivity index (χ0n) is 78.3.